The molecule has 106 valence electrons. The molecule has 2 N–H and O–H groups in total. The van der Waals surface area contributed by atoms with Crippen molar-refractivity contribution in [3.05, 3.63) is 59.7 Å². The zero-order valence-electron chi connectivity index (χ0n) is 10.6. The van der Waals surface area contributed by atoms with Gasteiger partial charge < -0.3 is 5.11 Å². The zero-order valence-corrected chi connectivity index (χ0v) is 11.5. The van der Waals surface area contributed by atoms with E-state index in [1.807, 2.05) is 6.07 Å². The Labute approximate surface area is 121 Å². The lowest BCUT2D eigenvalue weighted by molar-refractivity contribution is 0.0697. The zero-order chi connectivity index (χ0) is 15.5. The second kappa shape index (κ2) is 5.64. The highest BCUT2D eigenvalue weighted by atomic mass is 32.2. The van der Waals surface area contributed by atoms with Gasteiger partial charge in [-0.2, -0.15) is 5.26 Å². The number of anilines is 1. The normalized spacial score (nSPS) is 10.6. The third kappa shape index (κ3) is 3.19. The molecule has 0 spiro atoms. The maximum atomic E-state index is 12.2. The second-order valence-electron chi connectivity index (χ2n) is 4.10. The topological polar surface area (TPSA) is 107 Å². The van der Waals surface area contributed by atoms with E-state index in [9.17, 15) is 13.2 Å². The molecule has 0 heterocycles. The van der Waals surface area contributed by atoms with E-state index in [4.69, 9.17) is 10.4 Å². The summed E-state index contributed by atoms with van der Waals surface area (Å²) in [5.41, 5.74) is 0.301. The summed E-state index contributed by atoms with van der Waals surface area (Å²) in [6.45, 7) is 0. The number of sulfonamides is 1. The van der Waals surface area contributed by atoms with Gasteiger partial charge in [-0.05, 0) is 36.4 Å². The molecule has 0 saturated carbocycles. The number of carboxylic acid groups (broad SMARTS) is 1. The highest BCUT2D eigenvalue weighted by Gasteiger charge is 2.18. The molecule has 0 bridgehead atoms. The Morgan fingerprint density at radius 3 is 2.29 bits per heavy atom. The van der Waals surface area contributed by atoms with Gasteiger partial charge in [0.05, 0.1) is 11.1 Å². The Kier molecular flexibility index (Phi) is 3.91. The number of hydrogen-bond donors (Lipinski definition) is 2. The average molecular weight is 302 g/mol. The molecular formula is C14H10N2O4S. The first kappa shape index (κ1) is 14.6. The average Bonchev–Trinajstić information content (AvgIpc) is 2.47. The number of carbonyl (C=O) groups is 1. The largest absolute Gasteiger partial charge is 0.478 e. The van der Waals surface area contributed by atoms with E-state index in [-0.39, 0.29) is 21.7 Å². The Morgan fingerprint density at radius 1 is 1.10 bits per heavy atom. The molecule has 6 nitrogen and oxygen atoms in total. The third-order valence-electron chi connectivity index (χ3n) is 2.68. The number of nitrogens with zero attached hydrogens (tertiary/aromatic N) is 1. The van der Waals surface area contributed by atoms with Crippen molar-refractivity contribution in [2.75, 3.05) is 4.72 Å². The van der Waals surface area contributed by atoms with Crippen LogP contribution in [0.1, 0.15) is 15.9 Å². The van der Waals surface area contributed by atoms with Crippen molar-refractivity contribution in [2.45, 2.75) is 4.90 Å². The fourth-order valence-corrected chi connectivity index (χ4v) is 2.90. The van der Waals surface area contributed by atoms with Crippen molar-refractivity contribution in [3.63, 3.8) is 0 Å². The van der Waals surface area contributed by atoms with Crippen LogP contribution < -0.4 is 4.72 Å². The van der Waals surface area contributed by atoms with Gasteiger partial charge in [-0.15, -0.1) is 0 Å². The molecule has 21 heavy (non-hydrogen) atoms. The summed E-state index contributed by atoms with van der Waals surface area (Å²) < 4.78 is 26.7. The van der Waals surface area contributed by atoms with E-state index in [1.54, 1.807) is 6.07 Å². The van der Waals surface area contributed by atoms with Crippen molar-refractivity contribution in [1.82, 2.24) is 0 Å². The quantitative estimate of drug-likeness (QED) is 0.898. The molecule has 0 unspecified atom stereocenters. The Balaban J connectivity index is 2.34. The summed E-state index contributed by atoms with van der Waals surface area (Å²) in [6.07, 6.45) is 0. The van der Waals surface area contributed by atoms with Crippen molar-refractivity contribution >= 4 is 21.7 Å². The van der Waals surface area contributed by atoms with E-state index in [0.29, 0.717) is 0 Å². The number of hydrogen-bond acceptors (Lipinski definition) is 4. The standard InChI is InChI=1S/C14H10N2O4S/c15-9-11-3-1-2-4-13(11)21(19,20)16-12-7-5-10(6-8-12)14(17)18/h1-8,16H,(H,17,18). The number of nitriles is 1. The van der Waals surface area contributed by atoms with Crippen LogP contribution in [0, 0.1) is 11.3 Å². The lowest BCUT2D eigenvalue weighted by Gasteiger charge is -2.09. The van der Waals surface area contributed by atoms with Gasteiger partial charge in [0.1, 0.15) is 11.0 Å². The number of rotatable bonds is 4. The fourth-order valence-electron chi connectivity index (χ4n) is 1.68. The summed E-state index contributed by atoms with van der Waals surface area (Å²) >= 11 is 0. The van der Waals surface area contributed by atoms with Crippen molar-refractivity contribution in [1.29, 1.82) is 5.26 Å². The molecule has 0 amide bonds. The van der Waals surface area contributed by atoms with Gasteiger partial charge in [-0.3, -0.25) is 4.72 Å². The van der Waals surface area contributed by atoms with Gasteiger partial charge in [0.2, 0.25) is 0 Å². The smallest absolute Gasteiger partial charge is 0.335 e. The summed E-state index contributed by atoms with van der Waals surface area (Å²) in [5.74, 6) is -1.10. The van der Waals surface area contributed by atoms with Gasteiger partial charge in [-0.25, -0.2) is 13.2 Å². The first-order chi connectivity index (χ1) is 9.94. The van der Waals surface area contributed by atoms with Crippen molar-refractivity contribution < 1.29 is 18.3 Å². The molecule has 0 aliphatic rings. The van der Waals surface area contributed by atoms with E-state index in [0.717, 1.165) is 0 Å². The minimum absolute atomic E-state index is 0.0344. The maximum absolute atomic E-state index is 12.2. The third-order valence-corrected chi connectivity index (χ3v) is 4.12. The molecule has 0 aliphatic heterocycles. The van der Waals surface area contributed by atoms with Crippen LogP contribution in [0.15, 0.2) is 53.4 Å². The molecule has 7 heteroatoms. The van der Waals surface area contributed by atoms with Crippen LogP contribution in [0.2, 0.25) is 0 Å². The summed E-state index contributed by atoms with van der Waals surface area (Å²) in [7, 11) is -3.91. The lowest BCUT2D eigenvalue weighted by Crippen LogP contribution is -2.14. The van der Waals surface area contributed by atoms with Crippen molar-refractivity contribution in [2.24, 2.45) is 0 Å². The predicted molar refractivity (Wildman–Crippen MR) is 75.4 cm³/mol. The highest BCUT2D eigenvalue weighted by molar-refractivity contribution is 7.92. The molecule has 2 aromatic rings. The number of carboxylic acids is 1. The molecule has 2 aromatic carbocycles. The number of aromatic carboxylic acids is 1. The van der Waals surface area contributed by atoms with E-state index in [2.05, 4.69) is 4.72 Å². The summed E-state index contributed by atoms with van der Waals surface area (Å²) in [4.78, 5) is 10.6. The molecule has 0 aromatic heterocycles. The van der Waals surface area contributed by atoms with E-state index in [1.165, 1.54) is 42.5 Å². The van der Waals surface area contributed by atoms with Crippen LogP contribution >= 0.6 is 0 Å². The Hall–Kier alpha value is -2.85. The van der Waals surface area contributed by atoms with Crippen LogP contribution in [0.3, 0.4) is 0 Å². The first-order valence-corrected chi connectivity index (χ1v) is 7.27. The van der Waals surface area contributed by atoms with Crippen LogP contribution in [0.25, 0.3) is 0 Å². The van der Waals surface area contributed by atoms with Crippen molar-refractivity contribution in [3.8, 4) is 6.07 Å². The molecule has 0 aliphatic carbocycles. The van der Waals surface area contributed by atoms with Gasteiger partial charge in [0, 0.05) is 5.69 Å². The molecule has 0 fully saturated rings. The maximum Gasteiger partial charge on any atom is 0.335 e. The van der Waals surface area contributed by atoms with E-state index < -0.39 is 16.0 Å². The SMILES string of the molecule is N#Cc1ccccc1S(=O)(=O)Nc1ccc(C(=O)O)cc1. The molecule has 0 radical (unpaired) electrons. The van der Waals surface area contributed by atoms with Gasteiger partial charge in [0.15, 0.2) is 0 Å². The van der Waals surface area contributed by atoms with Crippen LogP contribution in [-0.2, 0) is 10.0 Å². The predicted octanol–water partition coefficient (Wildman–Crippen LogP) is 2.06. The van der Waals surface area contributed by atoms with Crippen LogP contribution in [0.4, 0.5) is 5.69 Å². The number of benzene rings is 2. The summed E-state index contributed by atoms with van der Waals surface area (Å²) in [6, 6.07) is 12.9. The second-order valence-corrected chi connectivity index (χ2v) is 5.75. The highest BCUT2D eigenvalue weighted by Crippen LogP contribution is 2.19. The van der Waals surface area contributed by atoms with Crippen LogP contribution in [0.5, 0.6) is 0 Å². The minimum atomic E-state index is -3.91. The Bertz CT molecular complexity index is 821. The molecular weight excluding hydrogens is 292 g/mol. The van der Waals surface area contributed by atoms with Gasteiger partial charge in [-0.1, -0.05) is 12.1 Å². The molecule has 0 saturated heterocycles. The van der Waals surface area contributed by atoms with Gasteiger partial charge >= 0.3 is 5.97 Å². The lowest BCUT2D eigenvalue weighted by atomic mass is 10.2. The first-order valence-electron chi connectivity index (χ1n) is 5.79. The number of nitrogens with one attached hydrogen (secondary N) is 1. The fraction of sp³-hybridized carbons (Fsp3) is 0. The summed E-state index contributed by atoms with van der Waals surface area (Å²) in [5, 5.41) is 17.7. The Morgan fingerprint density at radius 2 is 1.71 bits per heavy atom. The molecule has 0 atom stereocenters. The monoisotopic (exact) mass is 302 g/mol. The molecule has 2 rings (SSSR count). The van der Waals surface area contributed by atoms with Gasteiger partial charge in [0.25, 0.3) is 10.0 Å². The van der Waals surface area contributed by atoms with Crippen LogP contribution in [-0.4, -0.2) is 19.5 Å². The van der Waals surface area contributed by atoms with E-state index >= 15 is 0 Å². The minimum Gasteiger partial charge on any atom is -0.478 e.